The third-order valence-corrected chi connectivity index (χ3v) is 4.20. The van der Waals surface area contributed by atoms with Crippen LogP contribution in [0.5, 0.6) is 5.75 Å². The van der Waals surface area contributed by atoms with Crippen molar-refractivity contribution in [2.24, 2.45) is 0 Å². The van der Waals surface area contributed by atoms with Gasteiger partial charge in [0.25, 0.3) is 0 Å². The Kier molecular flexibility index (Phi) is 6.64. The zero-order chi connectivity index (χ0) is 19.1. The molecule has 0 aliphatic carbocycles. The van der Waals surface area contributed by atoms with Crippen molar-refractivity contribution in [3.05, 3.63) is 54.1 Å². The highest BCUT2D eigenvalue weighted by Gasteiger charge is 2.14. The maximum Gasteiger partial charge on any atom is 0.204 e. The topological polar surface area (TPSA) is 88.8 Å². The Labute approximate surface area is 158 Å². The van der Waals surface area contributed by atoms with Crippen LogP contribution in [0.15, 0.2) is 48.5 Å². The standard InChI is InChI=1S/C20H25N3O4/c1-26-19-9-5-2-6-15(19)13-27-14-16(25)12-23-18-8-4-3-7-17(18)22-20(23)21-10-11-24/h2-9,16,24-25H,10-14H2,1H3,(H,21,22)/t16-/m0/s1. The van der Waals surface area contributed by atoms with E-state index in [1.807, 2.05) is 53.1 Å². The highest BCUT2D eigenvalue weighted by Crippen LogP contribution is 2.21. The summed E-state index contributed by atoms with van der Waals surface area (Å²) in [6.45, 7) is 1.28. The fourth-order valence-corrected chi connectivity index (χ4v) is 2.95. The minimum absolute atomic E-state index is 0.00772. The van der Waals surface area contributed by atoms with Gasteiger partial charge < -0.3 is 29.6 Å². The predicted molar refractivity (Wildman–Crippen MR) is 104 cm³/mol. The number of rotatable bonds is 10. The predicted octanol–water partition coefficient (Wildman–Crippen LogP) is 2.03. The van der Waals surface area contributed by atoms with E-state index in [9.17, 15) is 5.11 Å². The fraction of sp³-hybridized carbons (Fsp3) is 0.350. The van der Waals surface area contributed by atoms with Gasteiger partial charge in [-0.05, 0) is 18.2 Å². The molecule has 0 spiro atoms. The number of methoxy groups -OCH3 is 1. The van der Waals surface area contributed by atoms with Crippen molar-refractivity contribution < 1.29 is 19.7 Å². The number of hydrogen-bond donors (Lipinski definition) is 3. The average Bonchev–Trinajstić information content (AvgIpc) is 3.04. The number of benzene rings is 2. The molecule has 0 radical (unpaired) electrons. The van der Waals surface area contributed by atoms with Crippen molar-refractivity contribution in [2.45, 2.75) is 19.3 Å². The number of nitrogens with one attached hydrogen (secondary N) is 1. The van der Waals surface area contributed by atoms with Gasteiger partial charge in [0.2, 0.25) is 5.95 Å². The number of nitrogens with zero attached hydrogens (tertiary/aromatic N) is 2. The first-order valence-corrected chi connectivity index (χ1v) is 8.90. The van der Waals surface area contributed by atoms with Gasteiger partial charge >= 0.3 is 0 Å². The second-order valence-corrected chi connectivity index (χ2v) is 6.17. The number of fused-ring (bicyclic) bond motifs is 1. The van der Waals surface area contributed by atoms with E-state index in [1.54, 1.807) is 7.11 Å². The molecular weight excluding hydrogens is 346 g/mol. The number of anilines is 1. The van der Waals surface area contributed by atoms with Gasteiger partial charge in [0.05, 0.1) is 50.6 Å². The van der Waals surface area contributed by atoms with E-state index in [2.05, 4.69) is 10.3 Å². The lowest BCUT2D eigenvalue weighted by Gasteiger charge is -2.16. The van der Waals surface area contributed by atoms with Crippen LogP contribution in [0, 0.1) is 0 Å². The maximum absolute atomic E-state index is 10.5. The molecule has 0 unspecified atom stereocenters. The number of para-hydroxylation sites is 3. The smallest absolute Gasteiger partial charge is 0.204 e. The van der Waals surface area contributed by atoms with E-state index >= 15 is 0 Å². The van der Waals surface area contributed by atoms with Gasteiger partial charge in [0, 0.05) is 12.1 Å². The van der Waals surface area contributed by atoms with Gasteiger partial charge in [-0.1, -0.05) is 30.3 Å². The Balaban J connectivity index is 1.64. The van der Waals surface area contributed by atoms with E-state index in [-0.39, 0.29) is 13.2 Å². The summed E-state index contributed by atoms with van der Waals surface area (Å²) in [6, 6.07) is 15.4. The van der Waals surface area contributed by atoms with Crippen LogP contribution in [-0.4, -0.2) is 52.7 Å². The zero-order valence-electron chi connectivity index (χ0n) is 15.3. The number of aliphatic hydroxyl groups excluding tert-OH is 2. The van der Waals surface area contributed by atoms with Crippen LogP contribution >= 0.6 is 0 Å². The molecule has 3 rings (SSSR count). The number of aromatic nitrogens is 2. The molecule has 0 saturated carbocycles. The van der Waals surface area contributed by atoms with E-state index < -0.39 is 6.10 Å². The number of imidazole rings is 1. The summed E-state index contributed by atoms with van der Waals surface area (Å²) in [4.78, 5) is 4.53. The molecule has 27 heavy (non-hydrogen) atoms. The van der Waals surface area contributed by atoms with Gasteiger partial charge in [-0.15, -0.1) is 0 Å². The van der Waals surface area contributed by atoms with Crippen molar-refractivity contribution in [3.8, 4) is 5.75 Å². The molecule has 2 aromatic carbocycles. The number of hydrogen-bond acceptors (Lipinski definition) is 6. The van der Waals surface area contributed by atoms with Crippen LogP contribution in [0.3, 0.4) is 0 Å². The molecule has 0 saturated heterocycles. The molecule has 3 N–H and O–H groups in total. The summed E-state index contributed by atoms with van der Waals surface area (Å²) in [6.07, 6.45) is -0.702. The summed E-state index contributed by atoms with van der Waals surface area (Å²) < 4.78 is 12.9. The molecule has 1 aromatic heterocycles. The molecule has 0 amide bonds. The summed E-state index contributed by atoms with van der Waals surface area (Å²) in [5, 5.41) is 22.6. The fourth-order valence-electron chi connectivity index (χ4n) is 2.95. The third-order valence-electron chi connectivity index (χ3n) is 4.20. The molecule has 1 heterocycles. The molecular formula is C20H25N3O4. The first-order chi connectivity index (χ1) is 13.2. The summed E-state index contributed by atoms with van der Waals surface area (Å²) in [5.41, 5.74) is 2.69. The minimum Gasteiger partial charge on any atom is -0.496 e. The van der Waals surface area contributed by atoms with Crippen LogP contribution in [0.2, 0.25) is 0 Å². The Morgan fingerprint density at radius 2 is 1.93 bits per heavy atom. The molecule has 0 fully saturated rings. The Morgan fingerprint density at radius 3 is 2.74 bits per heavy atom. The lowest BCUT2D eigenvalue weighted by molar-refractivity contribution is 0.0205. The lowest BCUT2D eigenvalue weighted by Crippen LogP contribution is -2.23. The van der Waals surface area contributed by atoms with Crippen molar-refractivity contribution in [3.63, 3.8) is 0 Å². The monoisotopic (exact) mass is 371 g/mol. The van der Waals surface area contributed by atoms with E-state index in [4.69, 9.17) is 14.6 Å². The van der Waals surface area contributed by atoms with Gasteiger partial charge in [0.1, 0.15) is 5.75 Å². The van der Waals surface area contributed by atoms with Crippen LogP contribution in [0.25, 0.3) is 11.0 Å². The maximum atomic E-state index is 10.5. The van der Waals surface area contributed by atoms with Crippen LogP contribution in [0.4, 0.5) is 5.95 Å². The Morgan fingerprint density at radius 1 is 1.15 bits per heavy atom. The van der Waals surface area contributed by atoms with Gasteiger partial charge in [-0.2, -0.15) is 0 Å². The quantitative estimate of drug-likeness (QED) is 0.505. The average molecular weight is 371 g/mol. The van der Waals surface area contributed by atoms with Gasteiger partial charge in [-0.25, -0.2) is 4.98 Å². The number of ether oxygens (including phenoxy) is 2. The van der Waals surface area contributed by atoms with Crippen molar-refractivity contribution >= 4 is 17.0 Å². The highest BCUT2D eigenvalue weighted by molar-refractivity contribution is 5.78. The summed E-state index contributed by atoms with van der Waals surface area (Å²) >= 11 is 0. The molecule has 7 nitrogen and oxygen atoms in total. The van der Waals surface area contributed by atoms with Gasteiger partial charge in [0.15, 0.2) is 0 Å². The molecule has 3 aromatic rings. The molecule has 7 heteroatoms. The summed E-state index contributed by atoms with van der Waals surface area (Å²) in [5.74, 6) is 1.39. The zero-order valence-corrected chi connectivity index (χ0v) is 15.3. The normalized spacial score (nSPS) is 12.3. The SMILES string of the molecule is COc1ccccc1COC[C@@H](O)Cn1c(NCCO)nc2ccccc21. The second kappa shape index (κ2) is 9.36. The van der Waals surface area contributed by atoms with Crippen LogP contribution in [0.1, 0.15) is 5.56 Å². The minimum atomic E-state index is -0.702. The molecule has 0 aliphatic rings. The van der Waals surface area contributed by atoms with Crippen LogP contribution < -0.4 is 10.1 Å². The van der Waals surface area contributed by atoms with Crippen molar-refractivity contribution in [1.82, 2.24) is 9.55 Å². The number of aliphatic hydroxyl groups is 2. The van der Waals surface area contributed by atoms with Crippen LogP contribution in [-0.2, 0) is 17.9 Å². The third kappa shape index (κ3) is 4.77. The van der Waals surface area contributed by atoms with E-state index in [0.717, 1.165) is 22.3 Å². The molecule has 1 atom stereocenters. The molecule has 144 valence electrons. The molecule has 0 aliphatic heterocycles. The van der Waals surface area contributed by atoms with Crippen molar-refractivity contribution in [2.75, 3.05) is 32.2 Å². The van der Waals surface area contributed by atoms with Gasteiger partial charge in [-0.3, -0.25) is 0 Å². The van der Waals surface area contributed by atoms with E-state index in [1.165, 1.54) is 0 Å². The first kappa shape index (κ1) is 19.2. The molecule has 0 bridgehead atoms. The second-order valence-electron chi connectivity index (χ2n) is 6.17. The largest absolute Gasteiger partial charge is 0.496 e. The Hall–Kier alpha value is -2.61. The lowest BCUT2D eigenvalue weighted by atomic mass is 10.2. The highest BCUT2D eigenvalue weighted by atomic mass is 16.5. The summed E-state index contributed by atoms with van der Waals surface area (Å²) in [7, 11) is 1.62. The van der Waals surface area contributed by atoms with E-state index in [0.29, 0.717) is 25.6 Å². The van der Waals surface area contributed by atoms with Crippen molar-refractivity contribution in [1.29, 1.82) is 0 Å². The Bertz CT molecular complexity index is 865. The first-order valence-electron chi connectivity index (χ1n) is 8.90.